The summed E-state index contributed by atoms with van der Waals surface area (Å²) >= 11 is 6.00. The lowest BCUT2D eigenvalue weighted by atomic mass is 10.1. The smallest absolute Gasteiger partial charge is 0.122 e. The zero-order valence-corrected chi connectivity index (χ0v) is 11.5. The van der Waals surface area contributed by atoms with Crippen LogP contribution in [-0.4, -0.2) is 19.7 Å². The van der Waals surface area contributed by atoms with Crippen molar-refractivity contribution in [3.8, 4) is 5.75 Å². The molecule has 0 aliphatic heterocycles. The fourth-order valence-electron chi connectivity index (χ4n) is 1.33. The minimum Gasteiger partial charge on any atom is -0.492 e. The molecule has 92 valence electrons. The molecule has 0 spiro atoms. The summed E-state index contributed by atoms with van der Waals surface area (Å²) in [6.07, 6.45) is 0. The first-order valence-corrected chi connectivity index (χ1v) is 5.63. The average molecular weight is 264 g/mol. The monoisotopic (exact) mass is 263 g/mol. The molecular weight excluding hydrogens is 245 g/mol. The number of likely N-dealkylation sites (N-methyl/N-ethyl adjacent to an activating group) is 1. The SMILES string of the molecule is CCNCCOc1ccc(Cl)c(C)c1C.Cl. The van der Waals surface area contributed by atoms with Crippen molar-refractivity contribution in [3.05, 3.63) is 28.3 Å². The van der Waals surface area contributed by atoms with Crippen molar-refractivity contribution < 1.29 is 4.74 Å². The Morgan fingerprint density at radius 1 is 1.25 bits per heavy atom. The Kier molecular flexibility index (Phi) is 7.56. The molecule has 2 nitrogen and oxygen atoms in total. The van der Waals surface area contributed by atoms with Gasteiger partial charge in [0.1, 0.15) is 12.4 Å². The second-order valence-electron chi connectivity index (χ2n) is 3.50. The van der Waals surface area contributed by atoms with Crippen LogP contribution < -0.4 is 10.1 Å². The summed E-state index contributed by atoms with van der Waals surface area (Å²) in [5.41, 5.74) is 2.22. The molecule has 0 saturated heterocycles. The zero-order chi connectivity index (χ0) is 11.3. The first-order chi connectivity index (χ1) is 7.16. The van der Waals surface area contributed by atoms with Gasteiger partial charge < -0.3 is 10.1 Å². The van der Waals surface area contributed by atoms with E-state index in [9.17, 15) is 0 Å². The van der Waals surface area contributed by atoms with Crippen LogP contribution in [0.3, 0.4) is 0 Å². The molecule has 0 aromatic heterocycles. The molecule has 0 fully saturated rings. The van der Waals surface area contributed by atoms with Gasteiger partial charge in [0.05, 0.1) is 0 Å². The van der Waals surface area contributed by atoms with Gasteiger partial charge in [0.15, 0.2) is 0 Å². The highest BCUT2D eigenvalue weighted by molar-refractivity contribution is 6.31. The van der Waals surface area contributed by atoms with Crippen LogP contribution in [0.4, 0.5) is 0 Å². The lowest BCUT2D eigenvalue weighted by Crippen LogP contribution is -2.20. The third kappa shape index (κ3) is 4.20. The van der Waals surface area contributed by atoms with Crippen LogP contribution >= 0.6 is 24.0 Å². The van der Waals surface area contributed by atoms with Crippen molar-refractivity contribution >= 4 is 24.0 Å². The molecule has 0 atom stereocenters. The van der Waals surface area contributed by atoms with Crippen molar-refractivity contribution in [1.82, 2.24) is 5.32 Å². The average Bonchev–Trinajstić information content (AvgIpc) is 2.24. The van der Waals surface area contributed by atoms with Gasteiger partial charge in [0.25, 0.3) is 0 Å². The quantitative estimate of drug-likeness (QED) is 0.823. The first-order valence-electron chi connectivity index (χ1n) is 5.26. The highest BCUT2D eigenvalue weighted by Gasteiger charge is 2.05. The third-order valence-corrected chi connectivity index (χ3v) is 2.87. The van der Waals surface area contributed by atoms with Gasteiger partial charge in [0.2, 0.25) is 0 Å². The Balaban J connectivity index is 0.00000225. The topological polar surface area (TPSA) is 21.3 Å². The lowest BCUT2D eigenvalue weighted by Gasteiger charge is -2.12. The van der Waals surface area contributed by atoms with Crippen molar-refractivity contribution in [3.63, 3.8) is 0 Å². The summed E-state index contributed by atoms with van der Waals surface area (Å²) in [7, 11) is 0. The summed E-state index contributed by atoms with van der Waals surface area (Å²) in [4.78, 5) is 0. The van der Waals surface area contributed by atoms with Crippen LogP contribution in [0.5, 0.6) is 5.75 Å². The fraction of sp³-hybridized carbons (Fsp3) is 0.500. The largest absolute Gasteiger partial charge is 0.492 e. The van der Waals surface area contributed by atoms with E-state index in [0.29, 0.717) is 6.61 Å². The Labute approximate surface area is 109 Å². The van der Waals surface area contributed by atoms with Crippen LogP contribution in [0.15, 0.2) is 12.1 Å². The van der Waals surface area contributed by atoms with E-state index in [1.54, 1.807) is 0 Å². The molecular formula is C12H19Cl2NO. The van der Waals surface area contributed by atoms with Gasteiger partial charge >= 0.3 is 0 Å². The van der Waals surface area contributed by atoms with Gasteiger partial charge in [-0.2, -0.15) is 0 Å². The predicted octanol–water partition coefficient (Wildman–Crippen LogP) is 3.37. The van der Waals surface area contributed by atoms with E-state index in [1.165, 1.54) is 0 Å². The molecule has 0 aliphatic rings. The number of rotatable bonds is 5. The van der Waals surface area contributed by atoms with E-state index in [2.05, 4.69) is 12.2 Å². The van der Waals surface area contributed by atoms with Gasteiger partial charge in [-0.15, -0.1) is 12.4 Å². The summed E-state index contributed by atoms with van der Waals surface area (Å²) in [5, 5.41) is 4.01. The molecule has 0 bridgehead atoms. The van der Waals surface area contributed by atoms with E-state index in [0.717, 1.165) is 35.0 Å². The van der Waals surface area contributed by atoms with Gasteiger partial charge in [-0.1, -0.05) is 18.5 Å². The van der Waals surface area contributed by atoms with E-state index < -0.39 is 0 Å². The van der Waals surface area contributed by atoms with Gasteiger partial charge in [-0.25, -0.2) is 0 Å². The zero-order valence-electron chi connectivity index (χ0n) is 9.97. The maximum Gasteiger partial charge on any atom is 0.122 e. The third-order valence-electron chi connectivity index (χ3n) is 2.46. The molecule has 1 N–H and O–H groups in total. The maximum absolute atomic E-state index is 6.00. The molecule has 1 aromatic rings. The van der Waals surface area contributed by atoms with Crippen LogP contribution in [0.1, 0.15) is 18.1 Å². The molecule has 1 rings (SSSR count). The van der Waals surface area contributed by atoms with Crippen molar-refractivity contribution in [2.45, 2.75) is 20.8 Å². The van der Waals surface area contributed by atoms with Crippen LogP contribution in [-0.2, 0) is 0 Å². The van der Waals surface area contributed by atoms with Gasteiger partial charge in [0, 0.05) is 11.6 Å². The van der Waals surface area contributed by atoms with Gasteiger partial charge in [-0.05, 0) is 43.7 Å². The fourth-order valence-corrected chi connectivity index (χ4v) is 1.53. The van der Waals surface area contributed by atoms with Crippen molar-refractivity contribution in [2.24, 2.45) is 0 Å². The van der Waals surface area contributed by atoms with Crippen LogP contribution in [0.25, 0.3) is 0 Å². The summed E-state index contributed by atoms with van der Waals surface area (Å²) in [6, 6.07) is 3.81. The highest BCUT2D eigenvalue weighted by atomic mass is 35.5. The molecule has 0 saturated carbocycles. The molecule has 0 heterocycles. The van der Waals surface area contributed by atoms with E-state index >= 15 is 0 Å². The number of hydrogen-bond donors (Lipinski definition) is 1. The minimum atomic E-state index is 0. The van der Waals surface area contributed by atoms with Crippen LogP contribution in [0, 0.1) is 13.8 Å². The molecule has 16 heavy (non-hydrogen) atoms. The Hall–Kier alpha value is -0.440. The van der Waals surface area contributed by atoms with Gasteiger partial charge in [-0.3, -0.25) is 0 Å². The predicted molar refractivity (Wildman–Crippen MR) is 72.2 cm³/mol. The molecule has 0 radical (unpaired) electrons. The number of benzene rings is 1. The normalized spacial score (nSPS) is 9.75. The summed E-state index contributed by atoms with van der Waals surface area (Å²) < 4.78 is 5.65. The molecule has 1 aromatic carbocycles. The maximum atomic E-state index is 6.00. The summed E-state index contributed by atoms with van der Waals surface area (Å²) in [5.74, 6) is 0.926. The minimum absolute atomic E-state index is 0. The number of hydrogen-bond acceptors (Lipinski definition) is 2. The second-order valence-corrected chi connectivity index (χ2v) is 3.90. The number of halogens is 2. The van der Waals surface area contributed by atoms with E-state index in [1.807, 2.05) is 26.0 Å². The van der Waals surface area contributed by atoms with Crippen molar-refractivity contribution in [2.75, 3.05) is 19.7 Å². The Morgan fingerprint density at radius 2 is 1.94 bits per heavy atom. The second kappa shape index (κ2) is 7.77. The Bertz CT molecular complexity index is 329. The van der Waals surface area contributed by atoms with Crippen molar-refractivity contribution in [1.29, 1.82) is 0 Å². The first kappa shape index (κ1) is 15.6. The number of nitrogens with one attached hydrogen (secondary N) is 1. The number of ether oxygens (including phenoxy) is 1. The standard InChI is InChI=1S/C12H18ClNO.ClH/c1-4-14-7-8-15-12-6-5-11(13)9(2)10(12)3;/h5-6,14H,4,7-8H2,1-3H3;1H. The molecule has 0 unspecified atom stereocenters. The van der Waals surface area contributed by atoms with E-state index in [-0.39, 0.29) is 12.4 Å². The molecule has 0 aliphatic carbocycles. The molecule has 4 heteroatoms. The van der Waals surface area contributed by atoms with Crippen LogP contribution in [0.2, 0.25) is 5.02 Å². The van der Waals surface area contributed by atoms with E-state index in [4.69, 9.17) is 16.3 Å². The highest BCUT2D eigenvalue weighted by Crippen LogP contribution is 2.26. The summed E-state index contributed by atoms with van der Waals surface area (Å²) in [6.45, 7) is 8.66. The Morgan fingerprint density at radius 3 is 2.56 bits per heavy atom. The lowest BCUT2D eigenvalue weighted by molar-refractivity contribution is 0.313. The molecule has 0 amide bonds.